The van der Waals surface area contributed by atoms with Gasteiger partial charge in [0.05, 0.1) is 49.6 Å². The van der Waals surface area contributed by atoms with Crippen LogP contribution >= 0.6 is 0 Å². The Labute approximate surface area is 239 Å². The number of hydrogen-bond donors (Lipinski definition) is 1. The van der Waals surface area contributed by atoms with Crippen LogP contribution < -0.4 is 18.9 Å². The molecule has 17 heteroatoms. The lowest BCUT2D eigenvalue weighted by atomic mass is 9.98. The van der Waals surface area contributed by atoms with Gasteiger partial charge in [0, 0.05) is 29.2 Å². The van der Waals surface area contributed by atoms with Crippen molar-refractivity contribution in [3.8, 4) is 34.1 Å². The number of rotatable bonds is 12. The monoisotopic (exact) mass is 624 g/mol. The van der Waals surface area contributed by atoms with Gasteiger partial charge in [-0.15, -0.1) is 0 Å². The van der Waals surface area contributed by atoms with Gasteiger partial charge < -0.3 is 18.9 Å². The number of hydrogen-bond acceptors (Lipinski definition) is 12. The van der Waals surface area contributed by atoms with E-state index in [9.17, 15) is 41.6 Å². The molecule has 0 radical (unpaired) electrons. The van der Waals surface area contributed by atoms with Crippen LogP contribution in [-0.2, 0) is 25.7 Å². The summed E-state index contributed by atoms with van der Waals surface area (Å²) in [5.41, 5.74) is -3.02. The van der Waals surface area contributed by atoms with Crippen LogP contribution in [-0.4, -0.2) is 59.7 Å². The highest BCUT2D eigenvalue weighted by Gasteiger charge is 2.36. The van der Waals surface area contributed by atoms with Crippen molar-refractivity contribution in [2.24, 2.45) is 0 Å². The Balaban J connectivity index is 2.18. The summed E-state index contributed by atoms with van der Waals surface area (Å²) in [7, 11) is -3.95. The van der Waals surface area contributed by atoms with Crippen LogP contribution in [0.4, 0.5) is 11.4 Å². The number of ether oxygens (including phenoxy) is 4. The third-order valence-electron chi connectivity index (χ3n) is 5.87. The van der Waals surface area contributed by atoms with Crippen LogP contribution in [0.3, 0.4) is 0 Å². The highest BCUT2D eigenvalue weighted by Crippen LogP contribution is 2.46. The zero-order valence-electron chi connectivity index (χ0n) is 22.5. The molecule has 1 N–H and O–H groups in total. The van der Waals surface area contributed by atoms with E-state index < -0.39 is 57.4 Å². The summed E-state index contributed by atoms with van der Waals surface area (Å²) in [6.07, 6.45) is 1.24. The normalized spacial score (nSPS) is 11.7. The first kappa shape index (κ1) is 31.8. The van der Waals surface area contributed by atoms with E-state index in [2.05, 4.69) is 0 Å². The van der Waals surface area contributed by atoms with Gasteiger partial charge in [-0.3, -0.25) is 24.8 Å². The lowest BCUT2D eigenvalue weighted by Gasteiger charge is -2.13. The van der Waals surface area contributed by atoms with E-state index in [4.69, 9.17) is 18.9 Å². The second-order valence-corrected chi connectivity index (χ2v) is 11.7. The van der Waals surface area contributed by atoms with Crippen LogP contribution in [0, 0.1) is 20.2 Å². The van der Waals surface area contributed by atoms with Crippen molar-refractivity contribution >= 4 is 37.4 Å². The molecule has 0 heterocycles. The largest absolute Gasteiger partial charge is 0.496 e. The predicted octanol–water partition coefficient (Wildman–Crippen LogP) is 4.04. The van der Waals surface area contributed by atoms with Crippen LogP contribution in [0.5, 0.6) is 23.0 Å². The third-order valence-corrected chi connectivity index (χ3v) is 8.04. The van der Waals surface area contributed by atoms with Gasteiger partial charge in [-0.05, 0) is 29.8 Å². The second-order valence-electron chi connectivity index (χ2n) is 8.39. The molecule has 0 aromatic heterocycles. The van der Waals surface area contributed by atoms with Crippen LogP contribution in [0.2, 0.25) is 0 Å². The molecule has 0 saturated heterocycles. The molecule has 3 rings (SSSR count). The van der Waals surface area contributed by atoms with E-state index in [0.29, 0.717) is 17.9 Å². The van der Waals surface area contributed by atoms with Gasteiger partial charge in [0.1, 0.15) is 28.6 Å². The van der Waals surface area contributed by atoms with Gasteiger partial charge in [0.25, 0.3) is 5.69 Å². The molecule has 0 atom stereocenters. The topological polar surface area (TPSA) is 212 Å². The molecule has 0 unspecified atom stereocenters. The molecule has 0 aliphatic heterocycles. The Morgan fingerprint density at radius 1 is 0.810 bits per heavy atom. The van der Waals surface area contributed by atoms with Crippen molar-refractivity contribution in [2.75, 3.05) is 28.4 Å². The Hall–Kier alpha value is -4.74. The van der Waals surface area contributed by atoms with Gasteiger partial charge in [-0.1, -0.05) is 6.07 Å². The number of methoxy groups -OCH3 is 4. The summed E-state index contributed by atoms with van der Waals surface area (Å²) in [4.78, 5) is 20.4. The molecular weight excluding hydrogens is 600 g/mol. The quantitative estimate of drug-likeness (QED) is 0.171. The number of nitro groups is 2. The van der Waals surface area contributed by atoms with Gasteiger partial charge in [0.15, 0.2) is 14.7 Å². The first-order chi connectivity index (χ1) is 19.7. The number of nitrogens with zero attached hydrogens (tertiary/aromatic N) is 2. The maximum Gasteiger partial charge on any atom is 0.305 e. The van der Waals surface area contributed by atoms with Crippen molar-refractivity contribution in [3.63, 3.8) is 0 Å². The number of benzene rings is 3. The molecule has 0 aliphatic carbocycles. The lowest BCUT2D eigenvalue weighted by Crippen LogP contribution is -2.08. The molecule has 15 nitrogen and oxygen atoms in total. The Kier molecular flexibility index (Phi) is 9.39. The Morgan fingerprint density at radius 2 is 1.40 bits per heavy atom. The van der Waals surface area contributed by atoms with Crippen molar-refractivity contribution in [3.05, 3.63) is 79.2 Å². The highest BCUT2D eigenvalue weighted by atomic mass is 32.2. The average Bonchev–Trinajstić information content (AvgIpc) is 2.93. The van der Waals surface area contributed by atoms with E-state index >= 15 is 0 Å². The summed E-state index contributed by atoms with van der Waals surface area (Å²) in [5.74, 6) is 0.0557. The van der Waals surface area contributed by atoms with E-state index in [1.54, 1.807) is 0 Å². The standard InChI is InChI=1S/C25H24N2O13S2/c1-37-16-12-21(39-3)17(22(13-16)40-4)9-10-41(32,33)14-15-5-7-20(38-2)18(11-15)24-19(26(28)29)6-8-23(42(34,35)36)25(24)27(30)31/h5-13H,14H2,1-4H3,(H,34,35,36)/b10-9+. The second kappa shape index (κ2) is 12.4. The zero-order chi connectivity index (χ0) is 31.4. The molecule has 3 aromatic rings. The molecule has 0 fully saturated rings. The first-order valence-electron chi connectivity index (χ1n) is 11.5. The van der Waals surface area contributed by atoms with E-state index in [-0.39, 0.29) is 33.9 Å². The summed E-state index contributed by atoms with van der Waals surface area (Å²) < 4.78 is 80.5. The first-order valence-corrected chi connectivity index (χ1v) is 14.6. The fourth-order valence-corrected chi connectivity index (χ4v) is 5.80. The summed E-state index contributed by atoms with van der Waals surface area (Å²) >= 11 is 0. The molecule has 224 valence electrons. The lowest BCUT2D eigenvalue weighted by molar-refractivity contribution is -0.394. The maximum atomic E-state index is 13.1. The van der Waals surface area contributed by atoms with Crippen molar-refractivity contribution in [1.82, 2.24) is 0 Å². The van der Waals surface area contributed by atoms with E-state index in [0.717, 1.165) is 18.6 Å². The molecule has 0 bridgehead atoms. The maximum absolute atomic E-state index is 13.1. The summed E-state index contributed by atoms with van der Waals surface area (Å²) in [6, 6.07) is 7.85. The SMILES string of the molecule is COc1cc(OC)c(/C=C/S(=O)(=O)Cc2ccc(OC)c(-c3c([N+](=O)[O-])ccc(S(=O)(=O)O)c3[N+](=O)[O-])c2)c(OC)c1. The minimum absolute atomic E-state index is 0.0185. The fraction of sp³-hybridized carbons (Fsp3) is 0.200. The van der Waals surface area contributed by atoms with Crippen LogP contribution in [0.15, 0.2) is 52.8 Å². The third kappa shape index (κ3) is 6.76. The summed E-state index contributed by atoms with van der Waals surface area (Å²) in [6.45, 7) is 0. The molecule has 3 aromatic carbocycles. The minimum Gasteiger partial charge on any atom is -0.496 e. The average molecular weight is 625 g/mol. The van der Waals surface area contributed by atoms with Crippen molar-refractivity contribution in [2.45, 2.75) is 10.6 Å². The predicted molar refractivity (Wildman–Crippen MR) is 149 cm³/mol. The van der Waals surface area contributed by atoms with Gasteiger partial charge in [-0.2, -0.15) is 8.42 Å². The van der Waals surface area contributed by atoms with Crippen molar-refractivity contribution < 1.29 is 50.2 Å². The number of sulfone groups is 1. The molecule has 42 heavy (non-hydrogen) atoms. The molecule has 0 saturated carbocycles. The number of nitro benzene ring substituents is 2. The fourth-order valence-electron chi connectivity index (χ4n) is 4.06. The van der Waals surface area contributed by atoms with Crippen LogP contribution in [0.25, 0.3) is 17.2 Å². The Morgan fingerprint density at radius 3 is 1.88 bits per heavy atom. The van der Waals surface area contributed by atoms with Crippen LogP contribution in [0.1, 0.15) is 11.1 Å². The van der Waals surface area contributed by atoms with Crippen molar-refractivity contribution in [1.29, 1.82) is 0 Å². The van der Waals surface area contributed by atoms with Gasteiger partial charge >= 0.3 is 15.8 Å². The molecule has 0 amide bonds. The molecule has 0 spiro atoms. The molecule has 0 aliphatic rings. The zero-order valence-corrected chi connectivity index (χ0v) is 24.1. The summed E-state index contributed by atoms with van der Waals surface area (Å²) in [5, 5.41) is 24.6. The van der Waals surface area contributed by atoms with E-state index in [1.807, 2.05) is 0 Å². The highest BCUT2D eigenvalue weighted by molar-refractivity contribution is 7.93. The van der Waals surface area contributed by atoms with Gasteiger partial charge in [0.2, 0.25) is 0 Å². The smallest absolute Gasteiger partial charge is 0.305 e. The Bertz CT molecular complexity index is 1780. The minimum atomic E-state index is -5.20. The van der Waals surface area contributed by atoms with Gasteiger partial charge in [-0.25, -0.2) is 8.42 Å². The van der Waals surface area contributed by atoms with E-state index in [1.165, 1.54) is 51.7 Å². The molecular formula is C25H24N2O13S2.